The van der Waals surface area contributed by atoms with Crippen LogP contribution in [0.4, 0.5) is 0 Å². The zero-order valence-corrected chi connectivity index (χ0v) is 18.9. The Morgan fingerprint density at radius 3 is 2.46 bits per heavy atom. The SMILES string of the molecule is Cc1ccc2c(=S)n([C@H]3CC(OC(C)(C)C)[C@@H](COC(C)(C)C)O3)ccc2c1. The van der Waals surface area contributed by atoms with Gasteiger partial charge in [0.05, 0.1) is 23.9 Å². The topological polar surface area (TPSA) is 32.6 Å². The van der Waals surface area contributed by atoms with Crippen molar-refractivity contribution in [1.29, 1.82) is 0 Å². The van der Waals surface area contributed by atoms with Gasteiger partial charge in [-0.3, -0.25) is 0 Å². The smallest absolute Gasteiger partial charge is 0.137 e. The van der Waals surface area contributed by atoms with E-state index in [1.165, 1.54) is 5.56 Å². The van der Waals surface area contributed by atoms with Crippen molar-refractivity contribution in [2.24, 2.45) is 0 Å². The van der Waals surface area contributed by atoms with Gasteiger partial charge in [0.15, 0.2) is 0 Å². The number of hydrogen-bond acceptors (Lipinski definition) is 4. The lowest BCUT2D eigenvalue weighted by atomic mass is 10.1. The van der Waals surface area contributed by atoms with Gasteiger partial charge in [-0.1, -0.05) is 36.0 Å². The fourth-order valence-electron chi connectivity index (χ4n) is 3.54. The highest BCUT2D eigenvalue weighted by molar-refractivity contribution is 7.71. The van der Waals surface area contributed by atoms with Crippen LogP contribution >= 0.6 is 12.2 Å². The van der Waals surface area contributed by atoms with E-state index in [0.717, 1.165) is 21.8 Å². The third-order valence-electron chi connectivity index (χ3n) is 4.76. The number of fused-ring (bicyclic) bond motifs is 1. The standard InChI is InChI=1S/C23H33NO3S/c1-15-8-9-17-16(12-15)10-11-24(21(17)28)20-13-18(27-23(5,6)7)19(26-20)14-25-22(2,3)4/h8-12,18-20H,13-14H2,1-7H3/t18?,19-,20-/m1/s1. The number of aryl methyl sites for hydroxylation is 1. The van der Waals surface area contributed by atoms with Crippen LogP contribution in [0.25, 0.3) is 10.8 Å². The maximum absolute atomic E-state index is 6.40. The van der Waals surface area contributed by atoms with Crippen LogP contribution in [0.5, 0.6) is 0 Å². The molecule has 0 spiro atoms. The average Bonchev–Trinajstić information content (AvgIpc) is 2.93. The summed E-state index contributed by atoms with van der Waals surface area (Å²) in [7, 11) is 0. The number of rotatable bonds is 4. The van der Waals surface area contributed by atoms with E-state index in [1.54, 1.807) is 0 Å². The van der Waals surface area contributed by atoms with E-state index in [4.69, 9.17) is 26.4 Å². The molecule has 1 aliphatic rings. The Bertz CT molecular complexity index is 891. The van der Waals surface area contributed by atoms with E-state index in [0.29, 0.717) is 6.61 Å². The molecule has 0 aliphatic carbocycles. The van der Waals surface area contributed by atoms with Gasteiger partial charge in [0, 0.05) is 18.0 Å². The van der Waals surface area contributed by atoms with Gasteiger partial charge in [-0.05, 0) is 59.9 Å². The summed E-state index contributed by atoms with van der Waals surface area (Å²) >= 11 is 5.80. The third kappa shape index (κ3) is 5.20. The van der Waals surface area contributed by atoms with Crippen molar-refractivity contribution in [1.82, 2.24) is 4.57 Å². The van der Waals surface area contributed by atoms with E-state index in [9.17, 15) is 0 Å². The Labute approximate surface area is 173 Å². The number of benzene rings is 1. The molecule has 1 saturated heterocycles. The molecule has 3 atom stereocenters. The van der Waals surface area contributed by atoms with Crippen LogP contribution < -0.4 is 0 Å². The molecule has 4 nitrogen and oxygen atoms in total. The molecule has 0 amide bonds. The van der Waals surface area contributed by atoms with Gasteiger partial charge in [0.25, 0.3) is 0 Å². The summed E-state index contributed by atoms with van der Waals surface area (Å²) in [5, 5.41) is 2.24. The third-order valence-corrected chi connectivity index (χ3v) is 5.19. The van der Waals surface area contributed by atoms with Gasteiger partial charge in [-0.2, -0.15) is 0 Å². The fourth-order valence-corrected chi connectivity index (χ4v) is 3.90. The van der Waals surface area contributed by atoms with E-state index in [1.807, 2.05) is 6.20 Å². The Balaban J connectivity index is 1.88. The van der Waals surface area contributed by atoms with Crippen LogP contribution in [0.3, 0.4) is 0 Å². The van der Waals surface area contributed by atoms with Crippen molar-refractivity contribution in [3.8, 4) is 0 Å². The Hall–Kier alpha value is -1.27. The first-order valence-electron chi connectivity index (χ1n) is 10.0. The zero-order valence-electron chi connectivity index (χ0n) is 18.1. The van der Waals surface area contributed by atoms with E-state index < -0.39 is 0 Å². The first kappa shape index (κ1) is 21.4. The molecule has 0 bridgehead atoms. The summed E-state index contributed by atoms with van der Waals surface area (Å²) in [6.45, 7) is 15.0. The van der Waals surface area contributed by atoms with E-state index in [2.05, 4.69) is 77.3 Å². The second-order valence-corrected chi connectivity index (χ2v) is 10.1. The fraction of sp³-hybridized carbons (Fsp3) is 0.609. The number of pyridine rings is 1. The maximum Gasteiger partial charge on any atom is 0.137 e. The van der Waals surface area contributed by atoms with Gasteiger partial charge in [0.2, 0.25) is 0 Å². The number of nitrogens with zero attached hydrogens (tertiary/aromatic N) is 1. The largest absolute Gasteiger partial charge is 0.373 e. The molecule has 1 aliphatic heterocycles. The first-order valence-corrected chi connectivity index (χ1v) is 10.4. The minimum absolute atomic E-state index is 0.0389. The summed E-state index contributed by atoms with van der Waals surface area (Å²) in [6.07, 6.45) is 2.47. The molecule has 1 aromatic heterocycles. The van der Waals surface area contributed by atoms with Crippen molar-refractivity contribution >= 4 is 23.0 Å². The Kier molecular flexibility index (Phi) is 6.02. The van der Waals surface area contributed by atoms with Crippen molar-refractivity contribution < 1.29 is 14.2 Å². The quantitative estimate of drug-likeness (QED) is 0.589. The van der Waals surface area contributed by atoms with Crippen LogP contribution in [0.15, 0.2) is 30.5 Å². The minimum Gasteiger partial charge on any atom is -0.373 e. The summed E-state index contributed by atoms with van der Waals surface area (Å²) in [5.74, 6) is 0. The maximum atomic E-state index is 6.40. The van der Waals surface area contributed by atoms with Gasteiger partial charge >= 0.3 is 0 Å². The predicted octanol–water partition coefficient (Wildman–Crippen LogP) is 5.97. The normalized spacial score (nSPS) is 23.5. The second-order valence-electron chi connectivity index (χ2n) is 9.68. The van der Waals surface area contributed by atoms with Crippen molar-refractivity contribution in [2.75, 3.05) is 6.61 Å². The number of hydrogen-bond donors (Lipinski definition) is 0. The van der Waals surface area contributed by atoms with Gasteiger partial charge in [-0.15, -0.1) is 0 Å². The van der Waals surface area contributed by atoms with E-state index >= 15 is 0 Å². The molecular formula is C23H33NO3S. The van der Waals surface area contributed by atoms with Crippen molar-refractivity contribution in [2.45, 2.75) is 84.5 Å². The summed E-state index contributed by atoms with van der Waals surface area (Å²) in [6, 6.07) is 8.47. The molecule has 0 saturated carbocycles. The molecule has 2 aromatic rings. The summed E-state index contributed by atoms with van der Waals surface area (Å²) < 4.78 is 21.6. The van der Waals surface area contributed by atoms with E-state index in [-0.39, 0.29) is 29.6 Å². The molecule has 0 radical (unpaired) electrons. The second kappa shape index (κ2) is 7.86. The van der Waals surface area contributed by atoms with Crippen LogP contribution in [0.1, 0.15) is 59.8 Å². The van der Waals surface area contributed by atoms with Crippen molar-refractivity contribution in [3.05, 3.63) is 40.7 Å². The molecule has 154 valence electrons. The molecule has 0 N–H and O–H groups in total. The highest BCUT2D eigenvalue weighted by Crippen LogP contribution is 2.35. The lowest BCUT2D eigenvalue weighted by Crippen LogP contribution is -2.37. The molecule has 2 heterocycles. The zero-order chi connectivity index (χ0) is 20.7. The molecule has 1 fully saturated rings. The predicted molar refractivity (Wildman–Crippen MR) is 116 cm³/mol. The first-order chi connectivity index (χ1) is 12.9. The van der Waals surface area contributed by atoms with Gasteiger partial charge in [0.1, 0.15) is 17.0 Å². The highest BCUT2D eigenvalue weighted by Gasteiger charge is 2.39. The Morgan fingerprint density at radius 1 is 1.11 bits per heavy atom. The monoisotopic (exact) mass is 403 g/mol. The van der Waals surface area contributed by atoms with Crippen LogP contribution in [-0.4, -0.2) is 34.6 Å². The van der Waals surface area contributed by atoms with Gasteiger partial charge < -0.3 is 18.8 Å². The summed E-state index contributed by atoms with van der Waals surface area (Å²) in [5.41, 5.74) is 0.769. The molecule has 28 heavy (non-hydrogen) atoms. The molecule has 1 aromatic carbocycles. The molecule has 3 rings (SSSR count). The summed E-state index contributed by atoms with van der Waals surface area (Å²) in [4.78, 5) is 0. The lowest BCUT2D eigenvalue weighted by Gasteiger charge is -2.29. The minimum atomic E-state index is -0.245. The molecule has 1 unspecified atom stereocenters. The molecule has 5 heteroatoms. The average molecular weight is 404 g/mol. The Morgan fingerprint density at radius 2 is 1.82 bits per heavy atom. The van der Waals surface area contributed by atoms with Gasteiger partial charge in [-0.25, -0.2) is 0 Å². The van der Waals surface area contributed by atoms with Crippen molar-refractivity contribution in [3.63, 3.8) is 0 Å². The molecular weight excluding hydrogens is 370 g/mol. The number of ether oxygens (including phenoxy) is 3. The highest BCUT2D eigenvalue weighted by atomic mass is 32.1. The number of aromatic nitrogens is 1. The van der Waals surface area contributed by atoms with Crippen LogP contribution in [-0.2, 0) is 14.2 Å². The van der Waals surface area contributed by atoms with Crippen LogP contribution in [0, 0.1) is 11.6 Å². The lowest BCUT2D eigenvalue weighted by molar-refractivity contribution is -0.132. The van der Waals surface area contributed by atoms with Crippen LogP contribution in [0.2, 0.25) is 0 Å².